The average molecular weight is 238 g/mol. The molecule has 0 atom stereocenters. The van der Waals surface area contributed by atoms with Gasteiger partial charge in [0.25, 0.3) is 0 Å². The van der Waals surface area contributed by atoms with Crippen LogP contribution in [0.5, 0.6) is 0 Å². The Morgan fingerprint density at radius 1 is 1.17 bits per heavy atom. The monoisotopic (exact) mass is 238 g/mol. The fourth-order valence-corrected chi connectivity index (χ4v) is 1.91. The van der Waals surface area contributed by atoms with Crippen LogP contribution < -0.4 is 5.32 Å². The van der Waals surface area contributed by atoms with Gasteiger partial charge in [-0.1, -0.05) is 18.2 Å². The summed E-state index contributed by atoms with van der Waals surface area (Å²) in [5, 5.41) is 3.26. The molecule has 2 N–H and O–H groups in total. The number of para-hydroxylation sites is 2. The Labute approximate surface area is 105 Å². The largest absolute Gasteiger partial charge is 0.350 e. The summed E-state index contributed by atoms with van der Waals surface area (Å²) in [5.41, 5.74) is 4.23. The number of H-pyrrole nitrogens is 1. The second-order valence-corrected chi connectivity index (χ2v) is 4.22. The third-order valence-electron chi connectivity index (χ3n) is 2.93. The van der Waals surface area contributed by atoms with Crippen molar-refractivity contribution in [1.29, 1.82) is 0 Å². The van der Waals surface area contributed by atoms with Crippen molar-refractivity contribution in [3.05, 3.63) is 53.9 Å². The number of aromatic nitrogens is 3. The van der Waals surface area contributed by atoms with Gasteiger partial charge in [-0.2, -0.15) is 0 Å². The molecule has 0 aliphatic heterocycles. The lowest BCUT2D eigenvalue weighted by atomic mass is 10.2. The van der Waals surface area contributed by atoms with Gasteiger partial charge < -0.3 is 10.3 Å². The van der Waals surface area contributed by atoms with Crippen LogP contribution >= 0.6 is 0 Å². The summed E-state index contributed by atoms with van der Waals surface area (Å²) >= 11 is 0. The zero-order valence-electron chi connectivity index (χ0n) is 10.1. The highest BCUT2D eigenvalue weighted by Gasteiger charge is 2.03. The van der Waals surface area contributed by atoms with Crippen LogP contribution in [-0.4, -0.2) is 15.0 Å². The Balaban J connectivity index is 1.79. The molecule has 0 bridgehead atoms. The number of rotatable bonds is 3. The maximum atomic E-state index is 4.46. The number of fused-ring (bicyclic) bond motifs is 1. The van der Waals surface area contributed by atoms with Crippen molar-refractivity contribution in [3.8, 4) is 0 Å². The predicted octanol–water partition coefficient (Wildman–Crippen LogP) is 2.88. The van der Waals surface area contributed by atoms with Crippen molar-refractivity contribution in [2.45, 2.75) is 13.5 Å². The second kappa shape index (κ2) is 4.49. The van der Waals surface area contributed by atoms with Crippen molar-refractivity contribution in [3.63, 3.8) is 0 Å². The van der Waals surface area contributed by atoms with Crippen LogP contribution in [0, 0.1) is 6.92 Å². The van der Waals surface area contributed by atoms with E-state index in [1.165, 1.54) is 5.56 Å². The summed E-state index contributed by atoms with van der Waals surface area (Å²) in [4.78, 5) is 12.0. The molecule has 0 spiro atoms. The van der Waals surface area contributed by atoms with Crippen LogP contribution in [0.15, 0.2) is 42.6 Å². The molecule has 0 saturated carbocycles. The molecule has 0 aliphatic rings. The number of nitrogens with one attached hydrogen (secondary N) is 2. The fraction of sp³-hybridized carbons (Fsp3) is 0.143. The van der Waals surface area contributed by atoms with Gasteiger partial charge in [0.1, 0.15) is 0 Å². The molecule has 18 heavy (non-hydrogen) atoms. The van der Waals surface area contributed by atoms with Gasteiger partial charge in [0.05, 0.1) is 23.3 Å². The maximum absolute atomic E-state index is 4.46. The Morgan fingerprint density at radius 2 is 2.06 bits per heavy atom. The van der Waals surface area contributed by atoms with E-state index >= 15 is 0 Å². The molecule has 3 aromatic rings. The molecule has 2 heterocycles. The van der Waals surface area contributed by atoms with Gasteiger partial charge >= 0.3 is 0 Å². The standard InChI is InChI=1S/C14H14N4/c1-10-5-4-8-15-13(10)9-16-14-17-11-6-2-3-7-12(11)18-14/h2-8H,9H2,1H3,(H2,16,17,18). The quantitative estimate of drug-likeness (QED) is 0.737. The number of pyridine rings is 1. The van der Waals surface area contributed by atoms with Crippen LogP contribution in [0.4, 0.5) is 5.95 Å². The molecule has 1 aromatic carbocycles. The number of nitrogens with zero attached hydrogens (tertiary/aromatic N) is 2. The first-order valence-corrected chi connectivity index (χ1v) is 5.92. The summed E-state index contributed by atoms with van der Waals surface area (Å²) in [6.07, 6.45) is 1.81. The maximum Gasteiger partial charge on any atom is 0.201 e. The number of benzene rings is 1. The Bertz CT molecular complexity index is 639. The molecular weight excluding hydrogens is 224 g/mol. The van der Waals surface area contributed by atoms with Crippen molar-refractivity contribution >= 4 is 17.0 Å². The SMILES string of the molecule is Cc1cccnc1CNc1nc2ccccc2[nH]1. The molecule has 2 aromatic heterocycles. The number of aromatic amines is 1. The van der Waals surface area contributed by atoms with E-state index < -0.39 is 0 Å². The molecule has 3 rings (SSSR count). The third-order valence-corrected chi connectivity index (χ3v) is 2.93. The molecular formula is C14H14N4. The average Bonchev–Trinajstić information content (AvgIpc) is 2.80. The van der Waals surface area contributed by atoms with Crippen LogP contribution in [0.2, 0.25) is 0 Å². The highest BCUT2D eigenvalue weighted by atomic mass is 15.1. The van der Waals surface area contributed by atoms with Gasteiger partial charge in [0, 0.05) is 6.20 Å². The highest BCUT2D eigenvalue weighted by molar-refractivity contribution is 5.77. The van der Waals surface area contributed by atoms with E-state index in [4.69, 9.17) is 0 Å². The third kappa shape index (κ3) is 2.05. The zero-order chi connectivity index (χ0) is 12.4. The molecule has 0 unspecified atom stereocenters. The summed E-state index contributed by atoms with van der Waals surface area (Å²) in [5.74, 6) is 0.779. The lowest BCUT2D eigenvalue weighted by Gasteiger charge is -2.04. The van der Waals surface area contributed by atoms with Crippen molar-refractivity contribution < 1.29 is 0 Å². The Kier molecular flexibility index (Phi) is 2.68. The smallest absolute Gasteiger partial charge is 0.201 e. The van der Waals surface area contributed by atoms with E-state index in [2.05, 4.69) is 33.3 Å². The first-order valence-electron chi connectivity index (χ1n) is 5.92. The van der Waals surface area contributed by atoms with Crippen molar-refractivity contribution in [2.24, 2.45) is 0 Å². The minimum absolute atomic E-state index is 0.673. The van der Waals surface area contributed by atoms with E-state index in [1.54, 1.807) is 0 Å². The summed E-state index contributed by atoms with van der Waals surface area (Å²) < 4.78 is 0. The number of anilines is 1. The lowest BCUT2D eigenvalue weighted by Crippen LogP contribution is -2.04. The topological polar surface area (TPSA) is 53.6 Å². The molecule has 4 heteroatoms. The fourth-order valence-electron chi connectivity index (χ4n) is 1.91. The lowest BCUT2D eigenvalue weighted by molar-refractivity contribution is 0.999. The highest BCUT2D eigenvalue weighted by Crippen LogP contribution is 2.14. The minimum Gasteiger partial charge on any atom is -0.350 e. The van der Waals surface area contributed by atoms with Crippen LogP contribution in [0.1, 0.15) is 11.3 Å². The molecule has 0 amide bonds. The molecule has 4 nitrogen and oxygen atoms in total. The Morgan fingerprint density at radius 3 is 2.89 bits per heavy atom. The first-order chi connectivity index (χ1) is 8.83. The molecule has 0 saturated heterocycles. The summed E-state index contributed by atoms with van der Waals surface area (Å²) in [7, 11) is 0. The van der Waals surface area contributed by atoms with E-state index in [0.717, 1.165) is 22.7 Å². The van der Waals surface area contributed by atoms with Crippen molar-refractivity contribution in [2.75, 3.05) is 5.32 Å². The van der Waals surface area contributed by atoms with E-state index in [1.807, 2.05) is 36.5 Å². The predicted molar refractivity (Wildman–Crippen MR) is 72.4 cm³/mol. The number of hydrogen-bond acceptors (Lipinski definition) is 3. The van der Waals surface area contributed by atoms with Crippen LogP contribution in [0.25, 0.3) is 11.0 Å². The number of imidazole rings is 1. The van der Waals surface area contributed by atoms with Crippen LogP contribution in [0.3, 0.4) is 0 Å². The molecule has 0 aliphatic carbocycles. The minimum atomic E-state index is 0.673. The van der Waals surface area contributed by atoms with Gasteiger partial charge in [-0.15, -0.1) is 0 Å². The van der Waals surface area contributed by atoms with Gasteiger partial charge in [0.15, 0.2) is 0 Å². The second-order valence-electron chi connectivity index (χ2n) is 4.22. The number of aryl methyl sites for hydroxylation is 1. The normalized spacial score (nSPS) is 10.7. The van der Waals surface area contributed by atoms with E-state index in [0.29, 0.717) is 6.54 Å². The summed E-state index contributed by atoms with van der Waals surface area (Å²) in [6.45, 7) is 2.73. The van der Waals surface area contributed by atoms with Gasteiger partial charge in [-0.3, -0.25) is 4.98 Å². The van der Waals surface area contributed by atoms with Crippen LogP contribution in [-0.2, 0) is 6.54 Å². The molecule has 90 valence electrons. The van der Waals surface area contributed by atoms with Gasteiger partial charge in [-0.05, 0) is 30.7 Å². The molecule has 0 fully saturated rings. The van der Waals surface area contributed by atoms with Gasteiger partial charge in [-0.25, -0.2) is 4.98 Å². The Hall–Kier alpha value is -2.36. The number of hydrogen-bond donors (Lipinski definition) is 2. The van der Waals surface area contributed by atoms with Gasteiger partial charge in [0.2, 0.25) is 5.95 Å². The van der Waals surface area contributed by atoms with E-state index in [9.17, 15) is 0 Å². The first kappa shape index (κ1) is 10.8. The zero-order valence-corrected chi connectivity index (χ0v) is 10.1. The van der Waals surface area contributed by atoms with E-state index in [-0.39, 0.29) is 0 Å². The summed E-state index contributed by atoms with van der Waals surface area (Å²) in [6, 6.07) is 12.0. The van der Waals surface area contributed by atoms with Crippen molar-refractivity contribution in [1.82, 2.24) is 15.0 Å². The molecule has 0 radical (unpaired) electrons.